The number of carbonyl (C=O) groups is 2. The minimum Gasteiger partial charge on any atom is -0.508 e. The molecule has 0 aromatic heterocycles. The maximum atomic E-state index is 12.2. The molecule has 4 heteroatoms. The molecule has 0 amide bonds. The van der Waals surface area contributed by atoms with Crippen LogP contribution in [0.5, 0.6) is 5.75 Å². The second-order valence-electron chi connectivity index (χ2n) is 6.61. The molecule has 122 valence electrons. The zero-order chi connectivity index (χ0) is 16.4. The molecule has 0 aliphatic heterocycles. The van der Waals surface area contributed by atoms with Gasteiger partial charge < -0.3 is 10.2 Å². The van der Waals surface area contributed by atoms with Crippen LogP contribution in [0.3, 0.4) is 0 Å². The molecule has 4 nitrogen and oxygen atoms in total. The van der Waals surface area contributed by atoms with Gasteiger partial charge in [-0.3, -0.25) is 9.59 Å². The van der Waals surface area contributed by atoms with Gasteiger partial charge in [-0.2, -0.15) is 0 Å². The van der Waals surface area contributed by atoms with Crippen molar-refractivity contribution in [3.63, 3.8) is 0 Å². The van der Waals surface area contributed by atoms with E-state index in [9.17, 15) is 19.8 Å². The van der Waals surface area contributed by atoms with Gasteiger partial charge in [-0.15, -0.1) is 0 Å². The van der Waals surface area contributed by atoms with E-state index in [1.165, 1.54) is 50.3 Å². The molecular weight excluding hydrogens is 292 g/mol. The number of phenols is 1. The second kappa shape index (κ2) is 6.57. The number of ketones is 2. The number of aliphatic hydroxyl groups is 1. The van der Waals surface area contributed by atoms with Gasteiger partial charge in [-0.25, -0.2) is 0 Å². The Kier molecular flexibility index (Phi) is 4.51. The maximum absolute atomic E-state index is 12.2. The average molecular weight is 314 g/mol. The summed E-state index contributed by atoms with van der Waals surface area (Å²) in [7, 11) is 0. The van der Waals surface area contributed by atoms with E-state index in [4.69, 9.17) is 0 Å². The fourth-order valence-corrected chi connectivity index (χ4v) is 3.73. The highest BCUT2D eigenvalue weighted by atomic mass is 16.3. The Labute approximate surface area is 135 Å². The van der Waals surface area contributed by atoms with E-state index in [2.05, 4.69) is 0 Å². The van der Waals surface area contributed by atoms with E-state index < -0.39 is 11.6 Å². The number of rotatable bonds is 4. The Morgan fingerprint density at radius 3 is 2.43 bits per heavy atom. The molecule has 1 aromatic rings. The maximum Gasteiger partial charge on any atom is 0.234 e. The fourth-order valence-electron chi connectivity index (χ4n) is 3.73. The number of allylic oxidation sites excluding steroid dienone is 1. The third-order valence-electron chi connectivity index (χ3n) is 5.03. The normalized spacial score (nSPS) is 19.1. The van der Waals surface area contributed by atoms with Gasteiger partial charge in [-0.1, -0.05) is 38.5 Å². The number of benzene rings is 1. The number of fused-ring (bicyclic) bond motifs is 1. The van der Waals surface area contributed by atoms with Crippen LogP contribution in [0, 0.1) is 5.92 Å². The zero-order valence-electron chi connectivity index (χ0n) is 13.2. The summed E-state index contributed by atoms with van der Waals surface area (Å²) in [4.78, 5) is 24.4. The van der Waals surface area contributed by atoms with E-state index in [0.717, 1.165) is 12.8 Å². The van der Waals surface area contributed by atoms with Gasteiger partial charge in [0.2, 0.25) is 11.6 Å². The molecule has 0 saturated heterocycles. The molecule has 0 heterocycles. The van der Waals surface area contributed by atoms with Crippen molar-refractivity contribution in [2.75, 3.05) is 0 Å². The first-order valence-corrected chi connectivity index (χ1v) is 8.42. The quantitative estimate of drug-likeness (QED) is 0.818. The number of Topliss-reactive ketones (excluding diaryl/α,β-unsaturated/α-hetero) is 2. The summed E-state index contributed by atoms with van der Waals surface area (Å²) < 4.78 is 0. The second-order valence-corrected chi connectivity index (χ2v) is 6.61. The highest BCUT2D eigenvalue weighted by molar-refractivity contribution is 6.52. The summed E-state index contributed by atoms with van der Waals surface area (Å²) in [6, 6.07) is 4.08. The van der Waals surface area contributed by atoms with E-state index >= 15 is 0 Å². The van der Waals surface area contributed by atoms with Crippen molar-refractivity contribution in [2.24, 2.45) is 5.92 Å². The first-order chi connectivity index (χ1) is 11.1. The standard InChI is InChI=1S/C19H22O4/c20-13-9-10-14-16(11-13)17(21)15(19(23)18(14)22)8-4-7-12-5-2-1-3-6-12/h9-12,20-21H,1-8H2. The van der Waals surface area contributed by atoms with Gasteiger partial charge >= 0.3 is 0 Å². The number of hydrogen-bond donors (Lipinski definition) is 2. The summed E-state index contributed by atoms with van der Waals surface area (Å²) in [5, 5.41) is 19.9. The topological polar surface area (TPSA) is 74.6 Å². The number of aromatic hydroxyl groups is 1. The lowest BCUT2D eigenvalue weighted by molar-refractivity contribution is -0.112. The Morgan fingerprint density at radius 1 is 0.957 bits per heavy atom. The van der Waals surface area contributed by atoms with E-state index in [0.29, 0.717) is 12.3 Å². The molecule has 2 aliphatic rings. The van der Waals surface area contributed by atoms with Crippen molar-refractivity contribution in [3.8, 4) is 5.75 Å². The van der Waals surface area contributed by atoms with Gasteiger partial charge in [0.15, 0.2) is 0 Å². The minimum atomic E-state index is -0.607. The first kappa shape index (κ1) is 15.8. The summed E-state index contributed by atoms with van der Waals surface area (Å²) in [5.41, 5.74) is 0.632. The van der Waals surface area contributed by atoms with Gasteiger partial charge in [-0.05, 0) is 37.0 Å². The molecular formula is C19H22O4. The largest absolute Gasteiger partial charge is 0.508 e. The van der Waals surface area contributed by atoms with Crippen molar-refractivity contribution in [1.29, 1.82) is 0 Å². The van der Waals surface area contributed by atoms with E-state index in [-0.39, 0.29) is 28.2 Å². The Hall–Kier alpha value is -2.10. The van der Waals surface area contributed by atoms with Gasteiger partial charge in [0.1, 0.15) is 11.5 Å². The van der Waals surface area contributed by atoms with Crippen LogP contribution < -0.4 is 0 Å². The van der Waals surface area contributed by atoms with E-state index in [1.54, 1.807) is 0 Å². The average Bonchev–Trinajstić information content (AvgIpc) is 2.57. The molecule has 3 rings (SSSR count). The molecule has 0 atom stereocenters. The molecule has 1 fully saturated rings. The van der Waals surface area contributed by atoms with Crippen LogP contribution >= 0.6 is 0 Å². The summed E-state index contributed by atoms with van der Waals surface area (Å²) in [5.74, 6) is -0.671. The molecule has 0 bridgehead atoms. The lowest BCUT2D eigenvalue weighted by atomic mass is 9.83. The van der Waals surface area contributed by atoms with Crippen LogP contribution in [0.1, 0.15) is 67.3 Å². The highest BCUT2D eigenvalue weighted by Crippen LogP contribution is 2.34. The smallest absolute Gasteiger partial charge is 0.234 e. The SMILES string of the molecule is O=C1C(=O)c2ccc(O)cc2C(O)=C1CCCC1CCCCC1. The number of carbonyl (C=O) groups excluding carboxylic acids is 2. The Bertz CT molecular complexity index is 666. The lowest BCUT2D eigenvalue weighted by Crippen LogP contribution is -2.24. The predicted molar refractivity (Wildman–Crippen MR) is 87.4 cm³/mol. The Balaban J connectivity index is 1.75. The molecule has 0 radical (unpaired) electrons. The monoisotopic (exact) mass is 314 g/mol. The zero-order valence-corrected chi connectivity index (χ0v) is 13.2. The fraction of sp³-hybridized carbons (Fsp3) is 0.474. The first-order valence-electron chi connectivity index (χ1n) is 8.42. The van der Waals surface area contributed by atoms with Gasteiger partial charge in [0.25, 0.3) is 0 Å². The molecule has 2 aliphatic carbocycles. The van der Waals surface area contributed by atoms with Crippen LogP contribution in [-0.2, 0) is 4.79 Å². The lowest BCUT2D eigenvalue weighted by Gasteiger charge is -2.22. The van der Waals surface area contributed by atoms with Gasteiger partial charge in [0.05, 0.1) is 0 Å². The predicted octanol–water partition coefficient (Wildman–Crippen LogP) is 4.18. The summed E-state index contributed by atoms with van der Waals surface area (Å²) in [6.07, 6.45) is 8.62. The molecule has 1 saturated carbocycles. The van der Waals surface area contributed by atoms with Crippen molar-refractivity contribution in [1.82, 2.24) is 0 Å². The molecule has 0 spiro atoms. The summed E-state index contributed by atoms with van der Waals surface area (Å²) in [6.45, 7) is 0. The third kappa shape index (κ3) is 3.16. The summed E-state index contributed by atoms with van der Waals surface area (Å²) >= 11 is 0. The number of hydrogen-bond acceptors (Lipinski definition) is 4. The molecule has 1 aromatic carbocycles. The van der Waals surface area contributed by atoms with Crippen LogP contribution in [-0.4, -0.2) is 21.8 Å². The Morgan fingerprint density at radius 2 is 1.70 bits per heavy atom. The number of aliphatic hydroxyl groups excluding tert-OH is 1. The van der Waals surface area contributed by atoms with Crippen molar-refractivity contribution in [3.05, 3.63) is 34.9 Å². The number of phenolic OH excluding ortho intramolecular Hbond substituents is 1. The van der Waals surface area contributed by atoms with Crippen LogP contribution in [0.25, 0.3) is 5.76 Å². The van der Waals surface area contributed by atoms with E-state index in [1.807, 2.05) is 0 Å². The van der Waals surface area contributed by atoms with Crippen molar-refractivity contribution < 1.29 is 19.8 Å². The molecule has 2 N–H and O–H groups in total. The van der Waals surface area contributed by atoms with Crippen LogP contribution in [0.4, 0.5) is 0 Å². The third-order valence-corrected chi connectivity index (χ3v) is 5.03. The van der Waals surface area contributed by atoms with Crippen LogP contribution in [0.2, 0.25) is 0 Å². The molecule has 23 heavy (non-hydrogen) atoms. The van der Waals surface area contributed by atoms with Crippen molar-refractivity contribution in [2.45, 2.75) is 51.4 Å². The minimum absolute atomic E-state index is 0.0287. The van der Waals surface area contributed by atoms with Crippen molar-refractivity contribution >= 4 is 17.3 Å². The van der Waals surface area contributed by atoms with Gasteiger partial charge in [0, 0.05) is 16.7 Å². The van der Waals surface area contributed by atoms with Crippen LogP contribution in [0.15, 0.2) is 23.8 Å². The molecule has 0 unspecified atom stereocenters. The highest BCUT2D eigenvalue weighted by Gasteiger charge is 2.32.